The summed E-state index contributed by atoms with van der Waals surface area (Å²) in [6.07, 6.45) is 8.15. The van der Waals surface area contributed by atoms with Gasteiger partial charge in [0, 0.05) is 0 Å². The highest BCUT2D eigenvalue weighted by atomic mass is 35.5. The minimum absolute atomic E-state index is 0.202. The second kappa shape index (κ2) is 6.10. The fourth-order valence-corrected chi connectivity index (χ4v) is 4.11. The van der Waals surface area contributed by atoms with E-state index in [0.29, 0.717) is 0 Å². The Morgan fingerprint density at radius 3 is 2.17 bits per heavy atom. The van der Waals surface area contributed by atoms with E-state index in [1.165, 1.54) is 54.4 Å². The summed E-state index contributed by atoms with van der Waals surface area (Å²) < 4.78 is 0. The number of aryl methyl sites for hydroxylation is 3. The average molecular weight is 265 g/mol. The van der Waals surface area contributed by atoms with E-state index in [2.05, 4.69) is 32.9 Å². The van der Waals surface area contributed by atoms with Gasteiger partial charge in [0.05, 0.1) is 5.38 Å². The average Bonchev–Trinajstić information content (AvgIpc) is 2.28. The number of alkyl halides is 1. The Kier molecular flexibility index (Phi) is 4.72. The summed E-state index contributed by atoms with van der Waals surface area (Å²) in [6, 6.07) is 4.52. The standard InChI is InChI=1S/C17H25Cl/c1-12-9-13(2)17(14(3)10-12)16(18)11-15-7-5-4-6-8-15/h9-10,15-16H,4-8,11H2,1-3H3. The maximum absolute atomic E-state index is 6.70. The third-order valence-electron chi connectivity index (χ3n) is 4.32. The van der Waals surface area contributed by atoms with Crippen LogP contribution in [0.25, 0.3) is 0 Å². The molecule has 0 spiro atoms. The SMILES string of the molecule is Cc1cc(C)c(C(Cl)CC2CCCCC2)c(C)c1. The van der Waals surface area contributed by atoms with Gasteiger partial charge in [-0.25, -0.2) is 0 Å². The Morgan fingerprint density at radius 1 is 1.06 bits per heavy atom. The monoisotopic (exact) mass is 264 g/mol. The third-order valence-corrected chi connectivity index (χ3v) is 4.71. The van der Waals surface area contributed by atoms with Gasteiger partial charge in [0.15, 0.2) is 0 Å². The summed E-state index contributed by atoms with van der Waals surface area (Å²) in [6.45, 7) is 6.56. The minimum atomic E-state index is 0.202. The van der Waals surface area contributed by atoms with Crippen molar-refractivity contribution in [1.29, 1.82) is 0 Å². The van der Waals surface area contributed by atoms with Crippen molar-refractivity contribution in [1.82, 2.24) is 0 Å². The molecule has 100 valence electrons. The summed E-state index contributed by atoms with van der Waals surface area (Å²) in [5.41, 5.74) is 5.45. The van der Waals surface area contributed by atoms with Crippen molar-refractivity contribution in [2.45, 2.75) is 64.7 Å². The zero-order valence-corrected chi connectivity index (χ0v) is 12.7. The first kappa shape index (κ1) is 13.9. The molecule has 0 nitrogen and oxygen atoms in total. The van der Waals surface area contributed by atoms with E-state index in [4.69, 9.17) is 11.6 Å². The first-order valence-electron chi connectivity index (χ1n) is 7.29. The highest BCUT2D eigenvalue weighted by molar-refractivity contribution is 6.21. The van der Waals surface area contributed by atoms with Crippen LogP contribution in [-0.2, 0) is 0 Å². The van der Waals surface area contributed by atoms with E-state index in [1.54, 1.807) is 0 Å². The van der Waals surface area contributed by atoms with E-state index < -0.39 is 0 Å². The van der Waals surface area contributed by atoms with Gasteiger partial charge in [0.1, 0.15) is 0 Å². The van der Waals surface area contributed by atoms with Crippen LogP contribution < -0.4 is 0 Å². The normalized spacial score (nSPS) is 18.9. The fraction of sp³-hybridized carbons (Fsp3) is 0.647. The second-order valence-electron chi connectivity index (χ2n) is 6.02. The predicted octanol–water partition coefficient (Wildman–Crippen LogP) is 5.86. The first-order valence-corrected chi connectivity index (χ1v) is 7.73. The summed E-state index contributed by atoms with van der Waals surface area (Å²) in [7, 11) is 0. The van der Waals surface area contributed by atoms with Gasteiger partial charge in [-0.1, -0.05) is 49.8 Å². The number of rotatable bonds is 3. The largest absolute Gasteiger partial charge is 0.118 e. The molecule has 1 aliphatic rings. The molecular formula is C17H25Cl. The zero-order valence-electron chi connectivity index (χ0n) is 11.9. The molecule has 0 N–H and O–H groups in total. The lowest BCUT2D eigenvalue weighted by molar-refractivity contribution is 0.336. The van der Waals surface area contributed by atoms with E-state index >= 15 is 0 Å². The Hall–Kier alpha value is -0.490. The molecule has 1 heteroatoms. The number of hydrogen-bond donors (Lipinski definition) is 0. The van der Waals surface area contributed by atoms with E-state index in [-0.39, 0.29) is 5.38 Å². The van der Waals surface area contributed by atoms with Crippen LogP contribution in [0.5, 0.6) is 0 Å². The summed E-state index contributed by atoms with van der Waals surface area (Å²) >= 11 is 6.70. The smallest absolute Gasteiger partial charge is 0.0593 e. The van der Waals surface area contributed by atoms with Crippen LogP contribution in [0.3, 0.4) is 0 Å². The van der Waals surface area contributed by atoms with Crippen molar-refractivity contribution in [3.05, 3.63) is 34.4 Å². The molecule has 0 aromatic heterocycles. The molecular weight excluding hydrogens is 240 g/mol. The van der Waals surface area contributed by atoms with Crippen LogP contribution in [0.2, 0.25) is 0 Å². The molecule has 0 saturated heterocycles. The lowest BCUT2D eigenvalue weighted by Gasteiger charge is -2.25. The van der Waals surface area contributed by atoms with Gasteiger partial charge >= 0.3 is 0 Å². The van der Waals surface area contributed by atoms with E-state index in [9.17, 15) is 0 Å². The van der Waals surface area contributed by atoms with Crippen molar-refractivity contribution < 1.29 is 0 Å². The lowest BCUT2D eigenvalue weighted by Crippen LogP contribution is -2.10. The maximum Gasteiger partial charge on any atom is 0.0593 e. The molecule has 0 aliphatic heterocycles. The molecule has 1 aliphatic carbocycles. The Bertz CT molecular complexity index is 379. The van der Waals surface area contributed by atoms with E-state index in [1.807, 2.05) is 0 Å². The molecule has 0 heterocycles. The first-order chi connectivity index (χ1) is 8.58. The molecule has 1 saturated carbocycles. The van der Waals surface area contributed by atoms with Gasteiger partial charge in [-0.2, -0.15) is 0 Å². The van der Waals surface area contributed by atoms with Crippen LogP contribution in [0.15, 0.2) is 12.1 Å². The van der Waals surface area contributed by atoms with Crippen LogP contribution in [0.1, 0.15) is 66.2 Å². The fourth-order valence-electron chi connectivity index (χ4n) is 3.52. The Morgan fingerprint density at radius 2 is 1.61 bits per heavy atom. The quantitative estimate of drug-likeness (QED) is 0.600. The number of benzene rings is 1. The molecule has 0 bridgehead atoms. The highest BCUT2D eigenvalue weighted by Crippen LogP contribution is 2.37. The molecule has 1 atom stereocenters. The van der Waals surface area contributed by atoms with Gasteiger partial charge in [0.25, 0.3) is 0 Å². The topological polar surface area (TPSA) is 0 Å². The van der Waals surface area contributed by atoms with Gasteiger partial charge in [-0.3, -0.25) is 0 Å². The molecule has 1 unspecified atom stereocenters. The Balaban J connectivity index is 2.10. The van der Waals surface area contributed by atoms with Crippen LogP contribution in [0, 0.1) is 26.7 Å². The van der Waals surface area contributed by atoms with Crippen molar-refractivity contribution in [3.63, 3.8) is 0 Å². The molecule has 0 amide bonds. The summed E-state index contributed by atoms with van der Waals surface area (Å²) in [5, 5.41) is 0.202. The molecule has 1 aromatic carbocycles. The molecule has 0 radical (unpaired) electrons. The number of halogens is 1. The highest BCUT2D eigenvalue weighted by Gasteiger charge is 2.21. The minimum Gasteiger partial charge on any atom is -0.118 e. The third kappa shape index (κ3) is 3.29. The lowest BCUT2D eigenvalue weighted by atomic mass is 9.83. The summed E-state index contributed by atoms with van der Waals surface area (Å²) in [5.74, 6) is 0.848. The van der Waals surface area contributed by atoms with Crippen molar-refractivity contribution in [3.8, 4) is 0 Å². The van der Waals surface area contributed by atoms with Crippen molar-refractivity contribution in [2.75, 3.05) is 0 Å². The van der Waals surface area contributed by atoms with E-state index in [0.717, 1.165) is 12.3 Å². The molecule has 18 heavy (non-hydrogen) atoms. The number of hydrogen-bond acceptors (Lipinski definition) is 0. The summed E-state index contributed by atoms with van der Waals surface area (Å²) in [4.78, 5) is 0. The van der Waals surface area contributed by atoms with Crippen LogP contribution in [0.4, 0.5) is 0 Å². The van der Waals surface area contributed by atoms with Crippen molar-refractivity contribution >= 4 is 11.6 Å². The van der Waals surface area contributed by atoms with Gasteiger partial charge in [-0.05, 0) is 49.8 Å². The predicted molar refractivity (Wildman–Crippen MR) is 80.4 cm³/mol. The second-order valence-corrected chi connectivity index (χ2v) is 6.55. The van der Waals surface area contributed by atoms with Crippen molar-refractivity contribution in [2.24, 2.45) is 5.92 Å². The Labute approximate surface area is 117 Å². The molecule has 1 aromatic rings. The molecule has 1 fully saturated rings. The van der Waals surface area contributed by atoms with Crippen LogP contribution >= 0.6 is 11.6 Å². The molecule has 2 rings (SSSR count). The van der Waals surface area contributed by atoms with Gasteiger partial charge in [-0.15, -0.1) is 11.6 Å². The zero-order chi connectivity index (χ0) is 13.1. The van der Waals surface area contributed by atoms with Crippen LogP contribution in [-0.4, -0.2) is 0 Å². The van der Waals surface area contributed by atoms with Gasteiger partial charge in [0.2, 0.25) is 0 Å². The van der Waals surface area contributed by atoms with Gasteiger partial charge < -0.3 is 0 Å². The maximum atomic E-state index is 6.70.